The minimum absolute atomic E-state index is 0.0898. The second-order valence-electron chi connectivity index (χ2n) is 5.42. The van der Waals surface area contributed by atoms with Crippen molar-refractivity contribution in [1.29, 1.82) is 0 Å². The summed E-state index contributed by atoms with van der Waals surface area (Å²) >= 11 is 1.10. The number of anilines is 1. The maximum atomic E-state index is 13.3. The van der Waals surface area contributed by atoms with Gasteiger partial charge in [0.15, 0.2) is 22.9 Å². The molecule has 2 heterocycles. The summed E-state index contributed by atoms with van der Waals surface area (Å²) in [6.07, 6.45) is 0.367. The Balaban J connectivity index is 1.63. The molecule has 0 unspecified atom stereocenters. The standard InChI is InChI=1S/C18H13F2N3O3S/c1-10(26-17(25)14-4-2-3-7-21-14)16(24)23-18-22-15(9-27-18)11-5-6-12(19)13(20)8-11/h2-10H,1H3,(H,22,23,24)/t10-/m1/s1. The van der Waals surface area contributed by atoms with Gasteiger partial charge in [-0.25, -0.2) is 23.5 Å². The summed E-state index contributed by atoms with van der Waals surface area (Å²) in [4.78, 5) is 32.1. The van der Waals surface area contributed by atoms with Crippen LogP contribution in [0.15, 0.2) is 48.0 Å². The summed E-state index contributed by atoms with van der Waals surface area (Å²) in [7, 11) is 0. The number of nitrogens with zero attached hydrogens (tertiary/aromatic N) is 2. The van der Waals surface area contributed by atoms with Gasteiger partial charge in [0, 0.05) is 17.1 Å². The Labute approximate surface area is 156 Å². The largest absolute Gasteiger partial charge is 0.448 e. The molecule has 6 nitrogen and oxygen atoms in total. The lowest BCUT2D eigenvalue weighted by Gasteiger charge is -2.11. The number of rotatable bonds is 5. The van der Waals surface area contributed by atoms with Gasteiger partial charge in [0.1, 0.15) is 5.69 Å². The van der Waals surface area contributed by atoms with Crippen molar-refractivity contribution in [2.75, 3.05) is 5.32 Å². The van der Waals surface area contributed by atoms with Crippen molar-refractivity contribution < 1.29 is 23.1 Å². The van der Waals surface area contributed by atoms with E-state index in [0.29, 0.717) is 11.3 Å². The number of thiazole rings is 1. The molecule has 0 spiro atoms. The Morgan fingerprint density at radius 1 is 1.19 bits per heavy atom. The number of halogens is 2. The number of esters is 1. The van der Waals surface area contributed by atoms with Crippen molar-refractivity contribution in [3.63, 3.8) is 0 Å². The molecule has 0 fully saturated rings. The number of pyridine rings is 1. The van der Waals surface area contributed by atoms with Gasteiger partial charge in [0.05, 0.1) is 5.69 Å². The molecule has 0 bridgehead atoms. The van der Waals surface area contributed by atoms with Crippen molar-refractivity contribution in [3.8, 4) is 11.3 Å². The number of amides is 1. The Morgan fingerprint density at radius 2 is 2.00 bits per heavy atom. The first kappa shape index (κ1) is 18.6. The quantitative estimate of drug-likeness (QED) is 0.674. The van der Waals surface area contributed by atoms with Crippen molar-refractivity contribution >= 4 is 28.3 Å². The molecule has 0 aliphatic carbocycles. The SMILES string of the molecule is C[C@@H](OC(=O)c1ccccn1)C(=O)Nc1nc(-c2ccc(F)c(F)c2)cs1. The van der Waals surface area contributed by atoms with Crippen LogP contribution >= 0.6 is 11.3 Å². The molecule has 1 amide bonds. The molecule has 0 saturated heterocycles. The van der Waals surface area contributed by atoms with E-state index in [1.807, 2.05) is 0 Å². The Kier molecular flexibility index (Phi) is 5.51. The smallest absolute Gasteiger partial charge is 0.357 e. The molecule has 3 rings (SSSR count). The fourth-order valence-corrected chi connectivity index (χ4v) is 2.81. The molecule has 1 N–H and O–H groups in total. The second kappa shape index (κ2) is 8.00. The first-order valence-electron chi connectivity index (χ1n) is 7.78. The van der Waals surface area contributed by atoms with Crippen molar-refractivity contribution in [3.05, 3.63) is 65.3 Å². The lowest BCUT2D eigenvalue weighted by atomic mass is 10.2. The number of aromatic nitrogens is 2. The normalized spacial score (nSPS) is 11.7. The summed E-state index contributed by atoms with van der Waals surface area (Å²) in [5.41, 5.74) is 0.847. The maximum absolute atomic E-state index is 13.3. The van der Waals surface area contributed by atoms with Crippen LogP contribution in [0.4, 0.5) is 13.9 Å². The topological polar surface area (TPSA) is 81.2 Å². The lowest BCUT2D eigenvalue weighted by molar-refractivity contribution is -0.123. The fraction of sp³-hybridized carbons (Fsp3) is 0.111. The average Bonchev–Trinajstić information content (AvgIpc) is 3.13. The zero-order valence-corrected chi connectivity index (χ0v) is 14.8. The Hall–Kier alpha value is -3.20. The third-order valence-electron chi connectivity index (χ3n) is 3.48. The highest BCUT2D eigenvalue weighted by molar-refractivity contribution is 7.14. The molecule has 0 aliphatic heterocycles. The molecule has 2 aromatic heterocycles. The Bertz CT molecular complexity index is 979. The average molecular weight is 389 g/mol. The number of ether oxygens (including phenoxy) is 1. The first-order chi connectivity index (χ1) is 12.9. The van der Waals surface area contributed by atoms with Gasteiger partial charge >= 0.3 is 5.97 Å². The van der Waals surface area contributed by atoms with E-state index in [4.69, 9.17) is 4.74 Å². The highest BCUT2D eigenvalue weighted by Gasteiger charge is 2.20. The van der Waals surface area contributed by atoms with Crippen LogP contribution in [-0.4, -0.2) is 27.9 Å². The van der Waals surface area contributed by atoms with Gasteiger partial charge in [-0.15, -0.1) is 11.3 Å². The lowest BCUT2D eigenvalue weighted by Crippen LogP contribution is -2.30. The van der Waals surface area contributed by atoms with E-state index in [1.54, 1.807) is 17.5 Å². The number of benzene rings is 1. The predicted molar refractivity (Wildman–Crippen MR) is 95.2 cm³/mol. The van der Waals surface area contributed by atoms with Crippen LogP contribution in [-0.2, 0) is 9.53 Å². The van der Waals surface area contributed by atoms with Gasteiger partial charge in [-0.05, 0) is 37.3 Å². The van der Waals surface area contributed by atoms with Gasteiger partial charge in [-0.1, -0.05) is 6.07 Å². The van der Waals surface area contributed by atoms with Gasteiger partial charge in [-0.3, -0.25) is 10.1 Å². The number of hydrogen-bond donors (Lipinski definition) is 1. The zero-order chi connectivity index (χ0) is 19.4. The third-order valence-corrected chi connectivity index (χ3v) is 4.23. The van der Waals surface area contributed by atoms with Crippen LogP contribution in [0, 0.1) is 11.6 Å². The van der Waals surface area contributed by atoms with Gasteiger partial charge < -0.3 is 4.74 Å². The van der Waals surface area contributed by atoms with Crippen LogP contribution in [0.3, 0.4) is 0 Å². The van der Waals surface area contributed by atoms with Crippen molar-refractivity contribution in [2.24, 2.45) is 0 Å². The maximum Gasteiger partial charge on any atom is 0.357 e. The zero-order valence-electron chi connectivity index (χ0n) is 14.0. The minimum atomic E-state index is -1.07. The van der Waals surface area contributed by atoms with Crippen LogP contribution in [0.1, 0.15) is 17.4 Å². The van der Waals surface area contributed by atoms with Crippen LogP contribution in [0.25, 0.3) is 11.3 Å². The molecule has 27 heavy (non-hydrogen) atoms. The highest BCUT2D eigenvalue weighted by Crippen LogP contribution is 2.26. The molecule has 0 saturated carbocycles. The highest BCUT2D eigenvalue weighted by atomic mass is 32.1. The van der Waals surface area contributed by atoms with E-state index in [1.165, 1.54) is 25.3 Å². The molecule has 0 radical (unpaired) electrons. The number of carbonyl (C=O) groups excluding carboxylic acids is 2. The number of carbonyl (C=O) groups is 2. The summed E-state index contributed by atoms with van der Waals surface area (Å²) in [6.45, 7) is 1.42. The summed E-state index contributed by atoms with van der Waals surface area (Å²) in [6, 6.07) is 8.16. The first-order valence-corrected chi connectivity index (χ1v) is 8.66. The number of nitrogens with one attached hydrogen (secondary N) is 1. The molecule has 9 heteroatoms. The summed E-state index contributed by atoms with van der Waals surface area (Å²) in [5.74, 6) is -3.24. The van der Waals surface area contributed by atoms with E-state index >= 15 is 0 Å². The van der Waals surface area contributed by atoms with E-state index in [-0.39, 0.29) is 10.8 Å². The Morgan fingerprint density at radius 3 is 2.70 bits per heavy atom. The van der Waals surface area contributed by atoms with Crippen LogP contribution in [0.5, 0.6) is 0 Å². The van der Waals surface area contributed by atoms with E-state index in [0.717, 1.165) is 23.5 Å². The molecular formula is C18H13F2N3O3S. The van der Waals surface area contributed by atoms with Crippen molar-refractivity contribution in [1.82, 2.24) is 9.97 Å². The van der Waals surface area contributed by atoms with E-state index in [9.17, 15) is 18.4 Å². The molecule has 138 valence electrons. The molecule has 0 aliphatic rings. The van der Waals surface area contributed by atoms with Gasteiger partial charge in [-0.2, -0.15) is 0 Å². The van der Waals surface area contributed by atoms with Crippen LogP contribution < -0.4 is 5.32 Å². The molecular weight excluding hydrogens is 376 g/mol. The monoisotopic (exact) mass is 389 g/mol. The van der Waals surface area contributed by atoms with Gasteiger partial charge in [0.2, 0.25) is 0 Å². The fourth-order valence-electron chi connectivity index (χ4n) is 2.08. The van der Waals surface area contributed by atoms with E-state index < -0.39 is 29.6 Å². The summed E-state index contributed by atoms with van der Waals surface area (Å²) in [5, 5.41) is 4.34. The van der Waals surface area contributed by atoms with Gasteiger partial charge in [0.25, 0.3) is 5.91 Å². The van der Waals surface area contributed by atoms with Crippen LogP contribution in [0.2, 0.25) is 0 Å². The summed E-state index contributed by atoms with van der Waals surface area (Å²) < 4.78 is 31.4. The van der Waals surface area contributed by atoms with E-state index in [2.05, 4.69) is 15.3 Å². The molecule has 1 atom stereocenters. The third kappa shape index (κ3) is 4.50. The predicted octanol–water partition coefficient (Wildman–Crippen LogP) is 3.67. The molecule has 1 aromatic carbocycles. The number of hydrogen-bond acceptors (Lipinski definition) is 6. The molecule has 3 aromatic rings. The van der Waals surface area contributed by atoms with Crippen molar-refractivity contribution in [2.45, 2.75) is 13.0 Å². The minimum Gasteiger partial charge on any atom is -0.448 e. The second-order valence-corrected chi connectivity index (χ2v) is 6.28.